The van der Waals surface area contributed by atoms with E-state index in [1.807, 2.05) is 6.92 Å². The number of hydrogen-bond donors (Lipinski definition) is 0. The fraction of sp³-hybridized carbons (Fsp3) is 0.500. The largest absolute Gasteiger partial charge is 0.454 e. The summed E-state index contributed by atoms with van der Waals surface area (Å²) in [6, 6.07) is 0. The van der Waals surface area contributed by atoms with Crippen LogP contribution in [-0.2, 0) is 4.79 Å². The van der Waals surface area contributed by atoms with E-state index in [2.05, 4.69) is 0 Å². The Bertz CT molecular complexity index is 226. The van der Waals surface area contributed by atoms with E-state index in [0.29, 0.717) is 6.08 Å². The van der Waals surface area contributed by atoms with Gasteiger partial charge in [-0.3, -0.25) is 4.79 Å². The highest BCUT2D eigenvalue weighted by atomic mass is 19.4. The van der Waals surface area contributed by atoms with E-state index in [1.54, 1.807) is 6.08 Å². The zero-order valence-electron chi connectivity index (χ0n) is 7.97. The van der Waals surface area contributed by atoms with Gasteiger partial charge in [-0.15, -0.1) is 0 Å². The highest BCUT2D eigenvalue weighted by molar-refractivity contribution is 5.94. The number of alkyl halides is 3. The molecule has 0 amide bonds. The van der Waals surface area contributed by atoms with Crippen molar-refractivity contribution in [3.8, 4) is 0 Å². The molecule has 4 heteroatoms. The van der Waals surface area contributed by atoms with Crippen LogP contribution in [-0.4, -0.2) is 12.0 Å². The standard InChI is InChI=1S/C10H13F3O/c1-2-3-4-5-6-7-8-9(14)10(11,12)13/h5-8H,2-4H2,1H3. The molecule has 0 aliphatic carbocycles. The van der Waals surface area contributed by atoms with Gasteiger partial charge in [0.05, 0.1) is 0 Å². The van der Waals surface area contributed by atoms with Gasteiger partial charge in [0.25, 0.3) is 5.78 Å². The molecule has 0 N–H and O–H groups in total. The third-order valence-corrected chi connectivity index (χ3v) is 1.50. The van der Waals surface area contributed by atoms with Crippen LogP contribution in [0.5, 0.6) is 0 Å². The molecule has 0 aromatic heterocycles. The van der Waals surface area contributed by atoms with Crippen LogP contribution < -0.4 is 0 Å². The fourth-order valence-corrected chi connectivity index (χ4v) is 0.734. The lowest BCUT2D eigenvalue weighted by Crippen LogP contribution is -2.19. The van der Waals surface area contributed by atoms with Gasteiger partial charge in [0.15, 0.2) is 0 Å². The molecule has 0 spiro atoms. The van der Waals surface area contributed by atoms with Crippen molar-refractivity contribution in [2.45, 2.75) is 32.4 Å². The second kappa shape index (κ2) is 6.40. The Morgan fingerprint density at radius 3 is 2.43 bits per heavy atom. The van der Waals surface area contributed by atoms with Crippen molar-refractivity contribution < 1.29 is 18.0 Å². The maximum absolute atomic E-state index is 11.7. The Balaban J connectivity index is 3.83. The average Bonchev–Trinajstić information content (AvgIpc) is 2.09. The lowest BCUT2D eigenvalue weighted by molar-refractivity contribution is -0.165. The van der Waals surface area contributed by atoms with E-state index in [9.17, 15) is 18.0 Å². The van der Waals surface area contributed by atoms with Crippen molar-refractivity contribution in [3.63, 3.8) is 0 Å². The predicted molar refractivity (Wildman–Crippen MR) is 48.9 cm³/mol. The van der Waals surface area contributed by atoms with E-state index in [4.69, 9.17) is 0 Å². The molecule has 0 radical (unpaired) electrons. The fourth-order valence-electron chi connectivity index (χ4n) is 0.734. The van der Waals surface area contributed by atoms with Crippen LogP contribution in [0.25, 0.3) is 0 Å². The average molecular weight is 206 g/mol. The number of hydrogen-bond acceptors (Lipinski definition) is 1. The van der Waals surface area contributed by atoms with E-state index in [1.165, 1.54) is 6.08 Å². The van der Waals surface area contributed by atoms with Gasteiger partial charge in [0, 0.05) is 0 Å². The summed E-state index contributed by atoms with van der Waals surface area (Å²) >= 11 is 0. The number of ketones is 1. The van der Waals surface area contributed by atoms with E-state index in [0.717, 1.165) is 25.3 Å². The second-order valence-corrected chi connectivity index (χ2v) is 2.79. The molecule has 80 valence electrons. The minimum atomic E-state index is -4.76. The zero-order valence-corrected chi connectivity index (χ0v) is 7.97. The molecule has 0 saturated heterocycles. The van der Waals surface area contributed by atoms with Crippen LogP contribution in [0.4, 0.5) is 13.2 Å². The van der Waals surface area contributed by atoms with Gasteiger partial charge in [0.1, 0.15) is 0 Å². The molecule has 0 rings (SSSR count). The molecule has 0 aromatic rings. The maximum atomic E-state index is 11.7. The quantitative estimate of drug-likeness (QED) is 0.382. The van der Waals surface area contributed by atoms with Gasteiger partial charge in [-0.25, -0.2) is 0 Å². The van der Waals surface area contributed by atoms with Gasteiger partial charge in [-0.05, 0) is 12.5 Å². The first-order valence-electron chi connectivity index (χ1n) is 4.43. The molecule has 0 atom stereocenters. The third-order valence-electron chi connectivity index (χ3n) is 1.50. The minimum absolute atomic E-state index is 0.530. The predicted octanol–water partition coefficient (Wildman–Crippen LogP) is 3.42. The summed E-state index contributed by atoms with van der Waals surface area (Å²) in [6.45, 7) is 2.02. The Hall–Kier alpha value is -1.06. The third kappa shape index (κ3) is 6.46. The highest BCUT2D eigenvalue weighted by Gasteiger charge is 2.35. The molecule has 0 unspecified atom stereocenters. The van der Waals surface area contributed by atoms with Crippen molar-refractivity contribution in [2.24, 2.45) is 0 Å². The lowest BCUT2D eigenvalue weighted by Gasteiger charge is -1.97. The van der Waals surface area contributed by atoms with Crippen LogP contribution in [0.3, 0.4) is 0 Å². The number of rotatable bonds is 5. The Labute approximate surface area is 81.3 Å². The van der Waals surface area contributed by atoms with Crippen molar-refractivity contribution >= 4 is 5.78 Å². The molecule has 0 bridgehead atoms. The molecule has 0 aliphatic rings. The van der Waals surface area contributed by atoms with Crippen molar-refractivity contribution in [1.82, 2.24) is 0 Å². The first kappa shape index (κ1) is 12.9. The van der Waals surface area contributed by atoms with Crippen LogP contribution in [0.15, 0.2) is 24.3 Å². The summed E-state index contributed by atoms with van der Waals surface area (Å²) in [4.78, 5) is 10.3. The molecular formula is C10H13F3O. The summed E-state index contributed by atoms with van der Waals surface area (Å²) in [7, 11) is 0. The maximum Gasteiger partial charge on any atom is 0.454 e. The summed E-state index contributed by atoms with van der Waals surface area (Å²) in [6.07, 6.45) is 2.94. The zero-order chi connectivity index (χ0) is 11.0. The van der Waals surface area contributed by atoms with Gasteiger partial charge in [0.2, 0.25) is 0 Å². The van der Waals surface area contributed by atoms with Crippen LogP contribution in [0.2, 0.25) is 0 Å². The first-order chi connectivity index (χ1) is 6.48. The number of carbonyl (C=O) groups is 1. The number of halogens is 3. The molecule has 0 saturated carbocycles. The van der Waals surface area contributed by atoms with Crippen LogP contribution in [0.1, 0.15) is 26.2 Å². The Morgan fingerprint density at radius 2 is 1.93 bits per heavy atom. The number of allylic oxidation sites excluding steroid dienone is 4. The molecule has 0 aromatic carbocycles. The van der Waals surface area contributed by atoms with E-state index >= 15 is 0 Å². The lowest BCUT2D eigenvalue weighted by atomic mass is 10.2. The Morgan fingerprint density at radius 1 is 1.29 bits per heavy atom. The molecule has 14 heavy (non-hydrogen) atoms. The highest BCUT2D eigenvalue weighted by Crippen LogP contribution is 2.16. The monoisotopic (exact) mass is 206 g/mol. The topological polar surface area (TPSA) is 17.1 Å². The van der Waals surface area contributed by atoms with Crippen molar-refractivity contribution in [1.29, 1.82) is 0 Å². The number of unbranched alkanes of at least 4 members (excludes halogenated alkanes) is 2. The molecule has 1 nitrogen and oxygen atoms in total. The summed E-state index contributed by atoms with van der Waals surface area (Å²) < 4.78 is 35.0. The summed E-state index contributed by atoms with van der Waals surface area (Å²) in [5.41, 5.74) is 0. The van der Waals surface area contributed by atoms with Gasteiger partial charge in [-0.1, -0.05) is 38.0 Å². The normalized spacial score (nSPS) is 12.9. The van der Waals surface area contributed by atoms with Gasteiger partial charge < -0.3 is 0 Å². The minimum Gasteiger partial charge on any atom is -0.285 e. The molecule has 0 aliphatic heterocycles. The van der Waals surface area contributed by atoms with E-state index < -0.39 is 12.0 Å². The van der Waals surface area contributed by atoms with Gasteiger partial charge >= 0.3 is 6.18 Å². The first-order valence-corrected chi connectivity index (χ1v) is 4.43. The SMILES string of the molecule is CCCCC=CC=CC(=O)C(F)(F)F. The van der Waals surface area contributed by atoms with E-state index in [-0.39, 0.29) is 0 Å². The summed E-state index contributed by atoms with van der Waals surface area (Å²) in [5.74, 6) is -1.82. The number of carbonyl (C=O) groups excluding carboxylic acids is 1. The van der Waals surface area contributed by atoms with Crippen LogP contribution in [0, 0.1) is 0 Å². The molecular weight excluding hydrogens is 193 g/mol. The second-order valence-electron chi connectivity index (χ2n) is 2.79. The molecule has 0 fully saturated rings. The summed E-state index contributed by atoms with van der Waals surface area (Å²) in [5, 5.41) is 0. The van der Waals surface area contributed by atoms with Gasteiger partial charge in [-0.2, -0.15) is 13.2 Å². The smallest absolute Gasteiger partial charge is 0.285 e. The van der Waals surface area contributed by atoms with Crippen LogP contribution >= 0.6 is 0 Å². The van der Waals surface area contributed by atoms with Crippen molar-refractivity contribution in [3.05, 3.63) is 24.3 Å². The van der Waals surface area contributed by atoms with Crippen molar-refractivity contribution in [2.75, 3.05) is 0 Å². The molecule has 0 heterocycles. The Kier molecular flexibility index (Phi) is 5.92.